The van der Waals surface area contributed by atoms with Crippen molar-refractivity contribution >= 4 is 45.2 Å². The summed E-state index contributed by atoms with van der Waals surface area (Å²) in [4.78, 5) is 4.72. The molecule has 98 valence electrons. The summed E-state index contributed by atoms with van der Waals surface area (Å²) in [6, 6.07) is 6.45. The summed E-state index contributed by atoms with van der Waals surface area (Å²) in [5, 5.41) is 0. The third kappa shape index (κ3) is 2.99. The van der Waals surface area contributed by atoms with Gasteiger partial charge in [-0.1, -0.05) is 20.3 Å². The Labute approximate surface area is 127 Å². The summed E-state index contributed by atoms with van der Waals surface area (Å²) in [7, 11) is 0. The van der Waals surface area contributed by atoms with Crippen LogP contribution in [0.1, 0.15) is 26.1 Å². The van der Waals surface area contributed by atoms with Crippen molar-refractivity contribution in [3.8, 4) is 0 Å². The van der Waals surface area contributed by atoms with Gasteiger partial charge in [-0.25, -0.2) is 4.98 Å². The fourth-order valence-electron chi connectivity index (χ4n) is 2.07. The Bertz CT molecular complexity index is 536. The van der Waals surface area contributed by atoms with Crippen LogP contribution in [0.3, 0.4) is 0 Å². The second-order valence-corrected chi connectivity index (χ2v) is 6.35. The molecule has 1 atom stereocenters. The molecule has 2 aromatic rings. The molecule has 0 fully saturated rings. The lowest BCUT2D eigenvalue weighted by Gasteiger charge is -2.13. The molecule has 0 saturated carbocycles. The lowest BCUT2D eigenvalue weighted by molar-refractivity contribution is 0.466. The molecule has 2 nitrogen and oxygen atoms in total. The third-order valence-electron chi connectivity index (χ3n) is 3.30. The number of imidazole rings is 1. The molecule has 1 unspecified atom stereocenters. The van der Waals surface area contributed by atoms with Gasteiger partial charge in [0, 0.05) is 22.4 Å². The number of alkyl halides is 1. The highest BCUT2D eigenvalue weighted by Gasteiger charge is 2.12. The lowest BCUT2D eigenvalue weighted by Crippen LogP contribution is -2.10. The number of aryl methyl sites for hydroxylation is 1. The van der Waals surface area contributed by atoms with Crippen molar-refractivity contribution in [2.24, 2.45) is 5.92 Å². The van der Waals surface area contributed by atoms with Gasteiger partial charge in [0.05, 0.1) is 11.0 Å². The molecule has 0 spiro atoms. The van der Waals surface area contributed by atoms with E-state index < -0.39 is 0 Å². The number of aromatic nitrogens is 2. The number of nitrogens with zero attached hydrogens (tertiary/aromatic N) is 2. The zero-order valence-electron chi connectivity index (χ0n) is 10.8. The Morgan fingerprint density at radius 3 is 2.89 bits per heavy atom. The molecule has 1 aromatic heterocycles. The normalized spacial score (nSPS) is 13.1. The molecule has 0 N–H and O–H groups in total. The molecule has 0 saturated heterocycles. The summed E-state index contributed by atoms with van der Waals surface area (Å²) in [6.45, 7) is 5.54. The van der Waals surface area contributed by atoms with Crippen molar-refractivity contribution in [1.29, 1.82) is 0 Å². The van der Waals surface area contributed by atoms with Crippen LogP contribution in [0.15, 0.2) is 18.2 Å². The molecule has 4 heteroatoms. The number of fused-ring (bicyclic) bond motifs is 1. The minimum Gasteiger partial charge on any atom is -0.328 e. The average molecular weight is 377 g/mol. The number of benzene rings is 1. The van der Waals surface area contributed by atoms with E-state index in [9.17, 15) is 0 Å². The van der Waals surface area contributed by atoms with Gasteiger partial charge in [-0.2, -0.15) is 0 Å². The van der Waals surface area contributed by atoms with Gasteiger partial charge in [0.25, 0.3) is 0 Å². The van der Waals surface area contributed by atoms with Crippen LogP contribution in [0.2, 0.25) is 0 Å². The van der Waals surface area contributed by atoms with E-state index in [1.807, 2.05) is 0 Å². The predicted molar refractivity (Wildman–Crippen MR) is 86.3 cm³/mol. The zero-order valence-corrected chi connectivity index (χ0v) is 13.7. The third-order valence-corrected chi connectivity index (χ3v) is 4.16. The Kier molecular flexibility index (Phi) is 4.90. The molecule has 0 amide bonds. The number of rotatable bonds is 5. The monoisotopic (exact) mass is 376 g/mol. The lowest BCUT2D eigenvalue weighted by atomic mass is 10.1. The van der Waals surface area contributed by atoms with Crippen LogP contribution in [0.4, 0.5) is 0 Å². The van der Waals surface area contributed by atoms with Crippen LogP contribution >= 0.6 is 34.2 Å². The Hall–Kier alpha value is -0.290. The minimum absolute atomic E-state index is 0.626. The van der Waals surface area contributed by atoms with E-state index in [2.05, 4.69) is 59.2 Å². The first-order valence-electron chi connectivity index (χ1n) is 6.36. The van der Waals surface area contributed by atoms with Crippen molar-refractivity contribution < 1.29 is 0 Å². The van der Waals surface area contributed by atoms with Crippen molar-refractivity contribution in [3.05, 3.63) is 27.6 Å². The molecule has 18 heavy (non-hydrogen) atoms. The molecule has 0 radical (unpaired) electrons. The summed E-state index contributed by atoms with van der Waals surface area (Å²) >= 11 is 8.21. The molecule has 1 heterocycles. The van der Waals surface area contributed by atoms with Crippen molar-refractivity contribution in [2.45, 2.75) is 33.2 Å². The van der Waals surface area contributed by atoms with Crippen molar-refractivity contribution in [2.75, 3.05) is 5.88 Å². The maximum absolute atomic E-state index is 5.88. The first kappa shape index (κ1) is 14.1. The Morgan fingerprint density at radius 1 is 1.44 bits per heavy atom. The van der Waals surface area contributed by atoms with Crippen LogP contribution in [0.5, 0.6) is 0 Å². The first-order chi connectivity index (χ1) is 8.65. The molecule has 0 aliphatic heterocycles. The van der Waals surface area contributed by atoms with E-state index in [1.165, 1.54) is 15.5 Å². The Balaban J connectivity index is 2.48. The highest BCUT2D eigenvalue weighted by atomic mass is 127. The molecule has 0 aliphatic carbocycles. The van der Waals surface area contributed by atoms with Crippen molar-refractivity contribution in [3.63, 3.8) is 0 Å². The Morgan fingerprint density at radius 2 is 2.22 bits per heavy atom. The highest BCUT2D eigenvalue weighted by Crippen LogP contribution is 2.21. The van der Waals surface area contributed by atoms with Gasteiger partial charge in [0.15, 0.2) is 0 Å². The largest absolute Gasteiger partial charge is 0.328 e. The van der Waals surface area contributed by atoms with E-state index in [4.69, 9.17) is 16.6 Å². The quantitative estimate of drug-likeness (QED) is 0.556. The van der Waals surface area contributed by atoms with Crippen molar-refractivity contribution in [1.82, 2.24) is 9.55 Å². The molecule has 2 rings (SSSR count). The standard InChI is InChI=1S/C14H18ClIN2/c1-3-10(2)9-18-13-5-4-11(16)8-12(13)17-14(18)6-7-15/h4-5,8,10H,3,6-7,9H2,1-2H3. The van der Waals surface area contributed by atoms with Gasteiger partial charge in [-0.3, -0.25) is 0 Å². The van der Waals surface area contributed by atoms with Gasteiger partial charge in [0.2, 0.25) is 0 Å². The maximum Gasteiger partial charge on any atom is 0.111 e. The fourth-order valence-corrected chi connectivity index (χ4v) is 2.72. The summed E-state index contributed by atoms with van der Waals surface area (Å²) in [6.07, 6.45) is 2.02. The van der Waals surface area contributed by atoms with Crippen LogP contribution in [0.25, 0.3) is 11.0 Å². The van der Waals surface area contributed by atoms with E-state index in [-0.39, 0.29) is 0 Å². The average Bonchev–Trinajstić information content (AvgIpc) is 2.67. The second kappa shape index (κ2) is 6.24. The summed E-state index contributed by atoms with van der Waals surface area (Å²) in [5.41, 5.74) is 2.32. The van der Waals surface area contributed by atoms with Gasteiger partial charge >= 0.3 is 0 Å². The van der Waals surface area contributed by atoms with Gasteiger partial charge in [-0.15, -0.1) is 11.6 Å². The SMILES string of the molecule is CCC(C)Cn1c(CCCl)nc2cc(I)ccc21. The maximum atomic E-state index is 5.88. The van der Waals surface area contributed by atoms with E-state index in [0.29, 0.717) is 11.8 Å². The minimum atomic E-state index is 0.626. The first-order valence-corrected chi connectivity index (χ1v) is 7.97. The highest BCUT2D eigenvalue weighted by molar-refractivity contribution is 14.1. The van der Waals surface area contributed by atoms with Gasteiger partial charge < -0.3 is 4.57 Å². The van der Waals surface area contributed by atoms with Gasteiger partial charge in [0.1, 0.15) is 5.82 Å². The summed E-state index contributed by atoms with van der Waals surface area (Å²) < 4.78 is 3.56. The van der Waals surface area contributed by atoms with Crippen LogP contribution in [-0.4, -0.2) is 15.4 Å². The van der Waals surface area contributed by atoms with Crippen LogP contribution in [0, 0.1) is 9.49 Å². The number of hydrogen-bond donors (Lipinski definition) is 0. The van der Waals surface area contributed by atoms with Gasteiger partial charge in [-0.05, 0) is 46.7 Å². The second-order valence-electron chi connectivity index (χ2n) is 4.72. The predicted octanol–water partition coefficient (Wildman–Crippen LogP) is 4.47. The number of hydrogen-bond acceptors (Lipinski definition) is 1. The zero-order chi connectivity index (χ0) is 13.1. The fraction of sp³-hybridized carbons (Fsp3) is 0.500. The molecular weight excluding hydrogens is 359 g/mol. The van der Waals surface area contributed by atoms with Crippen LogP contribution < -0.4 is 0 Å². The van der Waals surface area contributed by atoms with Crippen LogP contribution in [-0.2, 0) is 13.0 Å². The smallest absolute Gasteiger partial charge is 0.111 e. The topological polar surface area (TPSA) is 17.8 Å². The van der Waals surface area contributed by atoms with E-state index >= 15 is 0 Å². The number of halogens is 2. The molecule has 1 aromatic carbocycles. The van der Waals surface area contributed by atoms with E-state index in [1.54, 1.807) is 0 Å². The summed E-state index contributed by atoms with van der Waals surface area (Å²) in [5.74, 6) is 2.40. The molecule has 0 bridgehead atoms. The molecule has 0 aliphatic rings. The molecular formula is C14H18ClIN2. The van der Waals surface area contributed by atoms with E-state index in [0.717, 1.165) is 24.3 Å².